The van der Waals surface area contributed by atoms with Gasteiger partial charge in [0.25, 0.3) is 0 Å². The summed E-state index contributed by atoms with van der Waals surface area (Å²) in [7, 11) is 0. The van der Waals surface area contributed by atoms with Crippen LogP contribution in [0.3, 0.4) is 0 Å². The lowest BCUT2D eigenvalue weighted by Crippen LogP contribution is -2.44. The van der Waals surface area contributed by atoms with Crippen molar-refractivity contribution in [3.05, 3.63) is 35.4 Å². The van der Waals surface area contributed by atoms with E-state index in [1.165, 1.54) is 5.56 Å². The van der Waals surface area contributed by atoms with Gasteiger partial charge in [-0.05, 0) is 11.1 Å². The average molecular weight is 176 g/mol. The molecule has 2 unspecified atom stereocenters. The molecule has 2 atom stereocenters. The Labute approximate surface area is 76.9 Å². The number of nitrogens with one attached hydrogen (secondary N) is 1. The Morgan fingerprint density at radius 1 is 1.46 bits per heavy atom. The van der Waals surface area contributed by atoms with Crippen LogP contribution in [0.4, 0.5) is 0 Å². The van der Waals surface area contributed by atoms with Crippen molar-refractivity contribution >= 4 is 6.29 Å². The molecule has 0 saturated heterocycles. The molecule has 3 heteroatoms. The quantitative estimate of drug-likeness (QED) is 0.607. The first-order chi connectivity index (χ1) is 6.33. The number of nitrogens with two attached hydrogens (primary N) is 1. The Kier molecular flexibility index (Phi) is 2.12. The molecule has 3 nitrogen and oxygen atoms in total. The normalized spacial score (nSPS) is 26.5. The van der Waals surface area contributed by atoms with Crippen molar-refractivity contribution < 1.29 is 4.79 Å². The van der Waals surface area contributed by atoms with Gasteiger partial charge >= 0.3 is 0 Å². The van der Waals surface area contributed by atoms with Gasteiger partial charge in [-0.15, -0.1) is 0 Å². The zero-order valence-electron chi connectivity index (χ0n) is 7.23. The number of fused-ring (bicyclic) bond motifs is 1. The summed E-state index contributed by atoms with van der Waals surface area (Å²) in [6.45, 7) is 0.729. The van der Waals surface area contributed by atoms with Crippen LogP contribution in [0.25, 0.3) is 0 Å². The van der Waals surface area contributed by atoms with Crippen LogP contribution in [0, 0.1) is 0 Å². The van der Waals surface area contributed by atoms with Crippen molar-refractivity contribution in [2.75, 3.05) is 0 Å². The van der Waals surface area contributed by atoms with Crippen molar-refractivity contribution in [3.63, 3.8) is 0 Å². The largest absolute Gasteiger partial charge is 0.322 e. The summed E-state index contributed by atoms with van der Waals surface area (Å²) in [6.07, 6.45) is 0.876. The summed E-state index contributed by atoms with van der Waals surface area (Å²) in [5, 5.41) is 3.08. The molecular weight excluding hydrogens is 164 g/mol. The fraction of sp³-hybridized carbons (Fsp3) is 0.300. The number of carbonyl (C=O) groups is 1. The van der Waals surface area contributed by atoms with Crippen LogP contribution in [0.2, 0.25) is 0 Å². The molecular formula is C10H12N2O. The second-order valence-electron chi connectivity index (χ2n) is 3.27. The summed E-state index contributed by atoms with van der Waals surface area (Å²) in [6, 6.07) is 7.50. The maximum absolute atomic E-state index is 10.6. The molecule has 0 bridgehead atoms. The Morgan fingerprint density at radius 3 is 3.00 bits per heavy atom. The van der Waals surface area contributed by atoms with E-state index in [-0.39, 0.29) is 12.1 Å². The van der Waals surface area contributed by atoms with E-state index < -0.39 is 0 Å². The van der Waals surface area contributed by atoms with Crippen LogP contribution >= 0.6 is 0 Å². The van der Waals surface area contributed by atoms with E-state index in [0.29, 0.717) is 0 Å². The Hall–Kier alpha value is -1.19. The monoisotopic (exact) mass is 176 g/mol. The molecule has 0 amide bonds. The second kappa shape index (κ2) is 3.28. The van der Waals surface area contributed by atoms with Crippen molar-refractivity contribution in [1.82, 2.24) is 5.32 Å². The van der Waals surface area contributed by atoms with Gasteiger partial charge in [0.05, 0.1) is 12.1 Å². The molecule has 0 aromatic heterocycles. The highest BCUT2D eigenvalue weighted by molar-refractivity contribution is 5.61. The van der Waals surface area contributed by atoms with E-state index in [2.05, 4.69) is 5.32 Å². The summed E-state index contributed by atoms with van der Waals surface area (Å²) in [4.78, 5) is 10.6. The molecule has 0 spiro atoms. The molecule has 13 heavy (non-hydrogen) atoms. The lowest BCUT2D eigenvalue weighted by molar-refractivity contribution is -0.110. The second-order valence-corrected chi connectivity index (χ2v) is 3.27. The number of hydrogen-bond acceptors (Lipinski definition) is 3. The van der Waals surface area contributed by atoms with Crippen LogP contribution < -0.4 is 11.1 Å². The summed E-state index contributed by atoms with van der Waals surface area (Å²) in [5.41, 5.74) is 8.18. The highest BCUT2D eigenvalue weighted by atomic mass is 16.1. The number of benzene rings is 1. The molecule has 0 fully saturated rings. The summed E-state index contributed by atoms with van der Waals surface area (Å²) in [5.74, 6) is 0. The van der Waals surface area contributed by atoms with Gasteiger partial charge in [-0.1, -0.05) is 24.3 Å². The minimum atomic E-state index is -0.241. The first-order valence-corrected chi connectivity index (χ1v) is 4.35. The Balaban J connectivity index is 2.38. The number of hydrogen-bond donors (Lipinski definition) is 2. The molecule has 1 aliphatic rings. The highest BCUT2D eigenvalue weighted by Gasteiger charge is 2.24. The fourth-order valence-electron chi connectivity index (χ4n) is 1.70. The Morgan fingerprint density at radius 2 is 2.23 bits per heavy atom. The van der Waals surface area contributed by atoms with Crippen molar-refractivity contribution in [2.24, 2.45) is 5.73 Å². The molecule has 0 aliphatic carbocycles. The van der Waals surface area contributed by atoms with Gasteiger partial charge in [0.1, 0.15) is 6.29 Å². The van der Waals surface area contributed by atoms with Crippen molar-refractivity contribution in [1.29, 1.82) is 0 Å². The number of carbonyl (C=O) groups excluding carboxylic acids is 1. The predicted octanol–water partition coefficient (Wildman–Crippen LogP) is 0.357. The summed E-state index contributed by atoms with van der Waals surface area (Å²) < 4.78 is 0. The van der Waals surface area contributed by atoms with Crippen LogP contribution in [0.15, 0.2) is 24.3 Å². The zero-order chi connectivity index (χ0) is 9.26. The minimum Gasteiger partial charge on any atom is -0.322 e. The van der Waals surface area contributed by atoms with Gasteiger partial charge in [-0.25, -0.2) is 0 Å². The first kappa shape index (κ1) is 8.41. The SMILES string of the molecule is NC1c2ccccc2CNC1C=O. The van der Waals surface area contributed by atoms with Crippen molar-refractivity contribution in [2.45, 2.75) is 18.6 Å². The topological polar surface area (TPSA) is 55.1 Å². The van der Waals surface area contributed by atoms with E-state index >= 15 is 0 Å². The number of aldehydes is 1. The van der Waals surface area contributed by atoms with Gasteiger partial charge in [0.15, 0.2) is 0 Å². The van der Waals surface area contributed by atoms with E-state index in [4.69, 9.17) is 5.73 Å². The summed E-state index contributed by atoms with van der Waals surface area (Å²) >= 11 is 0. The smallest absolute Gasteiger partial charge is 0.138 e. The predicted molar refractivity (Wildman–Crippen MR) is 50.1 cm³/mol. The first-order valence-electron chi connectivity index (χ1n) is 4.35. The molecule has 1 heterocycles. The lowest BCUT2D eigenvalue weighted by atomic mass is 9.92. The average Bonchev–Trinajstić information content (AvgIpc) is 2.19. The van der Waals surface area contributed by atoms with Gasteiger partial charge in [-0.2, -0.15) is 0 Å². The van der Waals surface area contributed by atoms with E-state index in [9.17, 15) is 4.79 Å². The minimum absolute atomic E-state index is 0.206. The maximum atomic E-state index is 10.6. The third-order valence-corrected chi connectivity index (χ3v) is 2.48. The van der Waals surface area contributed by atoms with Gasteiger partial charge in [-0.3, -0.25) is 0 Å². The van der Waals surface area contributed by atoms with Gasteiger partial charge < -0.3 is 15.8 Å². The Bertz CT molecular complexity index is 324. The molecule has 1 aromatic carbocycles. The fourth-order valence-corrected chi connectivity index (χ4v) is 1.70. The van der Waals surface area contributed by atoms with Crippen LogP contribution in [0.1, 0.15) is 17.2 Å². The van der Waals surface area contributed by atoms with E-state index in [1.54, 1.807) is 0 Å². The van der Waals surface area contributed by atoms with Crippen molar-refractivity contribution in [3.8, 4) is 0 Å². The number of rotatable bonds is 1. The standard InChI is InChI=1S/C10H12N2O/c11-10-8-4-2-1-3-7(8)5-12-9(10)6-13/h1-4,6,9-10,12H,5,11H2. The molecule has 1 aliphatic heterocycles. The maximum Gasteiger partial charge on any atom is 0.138 e. The highest BCUT2D eigenvalue weighted by Crippen LogP contribution is 2.22. The van der Waals surface area contributed by atoms with Gasteiger partial charge in [0.2, 0.25) is 0 Å². The molecule has 0 saturated carbocycles. The van der Waals surface area contributed by atoms with Crippen LogP contribution in [-0.4, -0.2) is 12.3 Å². The lowest BCUT2D eigenvalue weighted by Gasteiger charge is -2.28. The molecule has 0 radical (unpaired) electrons. The van der Waals surface area contributed by atoms with E-state index in [0.717, 1.165) is 18.4 Å². The van der Waals surface area contributed by atoms with Crippen LogP contribution in [-0.2, 0) is 11.3 Å². The third-order valence-electron chi connectivity index (χ3n) is 2.48. The molecule has 68 valence electrons. The molecule has 1 aromatic rings. The van der Waals surface area contributed by atoms with Gasteiger partial charge in [0, 0.05) is 6.54 Å². The zero-order valence-corrected chi connectivity index (χ0v) is 7.23. The third kappa shape index (κ3) is 1.36. The van der Waals surface area contributed by atoms with Crippen LogP contribution in [0.5, 0.6) is 0 Å². The molecule has 3 N–H and O–H groups in total. The van der Waals surface area contributed by atoms with E-state index in [1.807, 2.05) is 24.3 Å². The molecule has 2 rings (SSSR count).